The van der Waals surface area contributed by atoms with Crippen LogP contribution in [0, 0.1) is 0 Å². The number of amides is 2. The van der Waals surface area contributed by atoms with Crippen molar-refractivity contribution in [3.05, 3.63) is 88.6 Å². The van der Waals surface area contributed by atoms with E-state index in [-0.39, 0.29) is 24.7 Å². The average Bonchev–Trinajstić information content (AvgIpc) is 2.83. The van der Waals surface area contributed by atoms with Gasteiger partial charge in [-0.05, 0) is 35.9 Å². The SMILES string of the molecule is O=C(O)CCC(=O)NC(Cc1ccccc1)C(=O)Nc1ccc2[nH]c3ccccc3c(=O)c2c1. The maximum absolute atomic E-state index is 13.1. The van der Waals surface area contributed by atoms with Crippen molar-refractivity contribution in [1.82, 2.24) is 10.3 Å². The highest BCUT2D eigenvalue weighted by molar-refractivity contribution is 6.00. The maximum Gasteiger partial charge on any atom is 0.303 e. The molecular weight excluding hydrogens is 434 g/mol. The highest BCUT2D eigenvalue weighted by Crippen LogP contribution is 2.19. The highest BCUT2D eigenvalue weighted by atomic mass is 16.4. The van der Waals surface area contributed by atoms with Crippen LogP contribution in [0.1, 0.15) is 18.4 Å². The number of aromatic amines is 1. The fourth-order valence-corrected chi connectivity index (χ4v) is 3.77. The molecule has 8 nitrogen and oxygen atoms in total. The van der Waals surface area contributed by atoms with Crippen LogP contribution < -0.4 is 16.1 Å². The number of pyridine rings is 1. The number of nitrogens with one attached hydrogen (secondary N) is 3. The average molecular weight is 457 g/mol. The molecule has 8 heteroatoms. The number of benzene rings is 3. The van der Waals surface area contributed by atoms with Crippen LogP contribution in [0.15, 0.2) is 77.6 Å². The second kappa shape index (κ2) is 9.99. The van der Waals surface area contributed by atoms with E-state index in [9.17, 15) is 19.2 Å². The van der Waals surface area contributed by atoms with Gasteiger partial charge in [0.1, 0.15) is 6.04 Å². The molecule has 0 radical (unpaired) electrons. The van der Waals surface area contributed by atoms with Gasteiger partial charge in [-0.3, -0.25) is 19.2 Å². The molecule has 4 N–H and O–H groups in total. The zero-order valence-corrected chi connectivity index (χ0v) is 18.2. The molecule has 0 saturated carbocycles. The van der Waals surface area contributed by atoms with E-state index in [1.54, 1.807) is 30.3 Å². The molecule has 2 amide bonds. The summed E-state index contributed by atoms with van der Waals surface area (Å²) < 4.78 is 0. The fourth-order valence-electron chi connectivity index (χ4n) is 3.77. The first-order valence-corrected chi connectivity index (χ1v) is 10.8. The second-order valence-electron chi connectivity index (χ2n) is 7.95. The molecule has 1 atom stereocenters. The Kier molecular flexibility index (Phi) is 6.68. The molecule has 172 valence electrons. The lowest BCUT2D eigenvalue weighted by Gasteiger charge is -2.19. The molecule has 4 aromatic rings. The smallest absolute Gasteiger partial charge is 0.303 e. The van der Waals surface area contributed by atoms with E-state index in [0.29, 0.717) is 22.0 Å². The molecule has 0 fully saturated rings. The van der Waals surface area contributed by atoms with Crippen molar-refractivity contribution in [3.63, 3.8) is 0 Å². The minimum Gasteiger partial charge on any atom is -0.481 e. The number of carboxylic acid groups (broad SMARTS) is 1. The quantitative estimate of drug-likeness (QED) is 0.302. The van der Waals surface area contributed by atoms with Crippen molar-refractivity contribution in [2.45, 2.75) is 25.3 Å². The van der Waals surface area contributed by atoms with E-state index in [4.69, 9.17) is 5.11 Å². The van der Waals surface area contributed by atoms with Crippen LogP contribution in [0.2, 0.25) is 0 Å². The molecule has 0 spiro atoms. The number of H-pyrrole nitrogens is 1. The number of para-hydroxylation sites is 1. The lowest BCUT2D eigenvalue weighted by atomic mass is 10.0. The van der Waals surface area contributed by atoms with E-state index in [1.807, 2.05) is 42.5 Å². The van der Waals surface area contributed by atoms with E-state index in [2.05, 4.69) is 15.6 Å². The van der Waals surface area contributed by atoms with Gasteiger partial charge in [0, 0.05) is 40.3 Å². The van der Waals surface area contributed by atoms with Crippen molar-refractivity contribution in [2.75, 3.05) is 5.32 Å². The van der Waals surface area contributed by atoms with Crippen LogP contribution in [-0.4, -0.2) is 33.9 Å². The van der Waals surface area contributed by atoms with Gasteiger partial charge in [0.25, 0.3) is 0 Å². The fraction of sp³-hybridized carbons (Fsp3) is 0.154. The number of aromatic nitrogens is 1. The van der Waals surface area contributed by atoms with Gasteiger partial charge < -0.3 is 20.7 Å². The van der Waals surface area contributed by atoms with E-state index >= 15 is 0 Å². The Morgan fingerprint density at radius 3 is 2.32 bits per heavy atom. The number of rotatable bonds is 8. The van der Waals surface area contributed by atoms with Crippen molar-refractivity contribution >= 4 is 45.3 Å². The Morgan fingerprint density at radius 2 is 1.56 bits per heavy atom. The lowest BCUT2D eigenvalue weighted by molar-refractivity contribution is -0.139. The van der Waals surface area contributed by atoms with Gasteiger partial charge in [0.2, 0.25) is 11.8 Å². The summed E-state index contributed by atoms with van der Waals surface area (Å²) in [4.78, 5) is 52.3. The minimum atomic E-state index is -1.09. The summed E-state index contributed by atoms with van der Waals surface area (Å²) in [6.45, 7) is 0. The molecule has 3 aromatic carbocycles. The molecule has 0 aliphatic carbocycles. The maximum atomic E-state index is 13.1. The van der Waals surface area contributed by atoms with Crippen LogP contribution in [0.25, 0.3) is 21.8 Å². The number of carbonyl (C=O) groups excluding carboxylic acids is 2. The molecule has 0 aliphatic heterocycles. The van der Waals surface area contributed by atoms with Crippen LogP contribution in [0.4, 0.5) is 5.69 Å². The number of hydrogen-bond donors (Lipinski definition) is 4. The molecule has 4 rings (SSSR count). The van der Waals surface area contributed by atoms with E-state index in [1.165, 1.54) is 0 Å². The van der Waals surface area contributed by atoms with Gasteiger partial charge in [-0.15, -0.1) is 0 Å². The van der Waals surface area contributed by atoms with Crippen LogP contribution in [-0.2, 0) is 20.8 Å². The summed E-state index contributed by atoms with van der Waals surface area (Å²) in [6.07, 6.45) is -0.330. The van der Waals surface area contributed by atoms with E-state index < -0.39 is 23.8 Å². The second-order valence-corrected chi connectivity index (χ2v) is 7.95. The number of hydrogen-bond acceptors (Lipinski definition) is 4. The number of anilines is 1. The van der Waals surface area contributed by atoms with Gasteiger partial charge in [-0.25, -0.2) is 0 Å². The zero-order chi connectivity index (χ0) is 24.1. The number of carboxylic acids is 1. The minimum absolute atomic E-state index is 0.150. The molecule has 1 unspecified atom stereocenters. The lowest BCUT2D eigenvalue weighted by Crippen LogP contribution is -2.45. The third-order valence-corrected chi connectivity index (χ3v) is 5.47. The standard InChI is InChI=1S/C26H23N3O5/c30-23(12-13-24(31)32)29-22(14-16-6-2-1-3-7-16)26(34)27-17-10-11-21-19(15-17)25(33)18-8-4-5-9-20(18)28-21/h1-11,15,22H,12-14H2,(H,27,34)(H,28,33)(H,29,30)(H,31,32). The molecule has 0 bridgehead atoms. The molecule has 1 aromatic heterocycles. The Hall–Kier alpha value is -4.46. The summed E-state index contributed by atoms with van der Waals surface area (Å²) in [5, 5.41) is 15.2. The Labute approximate surface area is 194 Å². The van der Waals surface area contributed by atoms with Crippen LogP contribution >= 0.6 is 0 Å². The van der Waals surface area contributed by atoms with Crippen molar-refractivity contribution in [3.8, 4) is 0 Å². The van der Waals surface area contributed by atoms with Gasteiger partial charge in [-0.2, -0.15) is 0 Å². The number of carbonyl (C=O) groups is 3. The van der Waals surface area contributed by atoms with Crippen molar-refractivity contribution < 1.29 is 19.5 Å². The predicted octanol–water partition coefficient (Wildman–Crippen LogP) is 3.21. The highest BCUT2D eigenvalue weighted by Gasteiger charge is 2.22. The van der Waals surface area contributed by atoms with Gasteiger partial charge in [0.15, 0.2) is 5.43 Å². The normalized spacial score (nSPS) is 11.8. The van der Waals surface area contributed by atoms with Crippen molar-refractivity contribution in [2.24, 2.45) is 0 Å². The topological polar surface area (TPSA) is 128 Å². The zero-order valence-electron chi connectivity index (χ0n) is 18.2. The number of aliphatic carboxylic acids is 1. The Balaban J connectivity index is 1.58. The van der Waals surface area contributed by atoms with Gasteiger partial charge in [0.05, 0.1) is 6.42 Å². The van der Waals surface area contributed by atoms with E-state index in [0.717, 1.165) is 11.1 Å². The summed E-state index contributed by atoms with van der Waals surface area (Å²) in [5.74, 6) is -2.09. The van der Waals surface area contributed by atoms with Crippen LogP contribution in [0.5, 0.6) is 0 Å². The summed E-state index contributed by atoms with van der Waals surface area (Å²) in [7, 11) is 0. The molecule has 34 heavy (non-hydrogen) atoms. The monoisotopic (exact) mass is 457 g/mol. The number of fused-ring (bicyclic) bond motifs is 2. The summed E-state index contributed by atoms with van der Waals surface area (Å²) in [6, 6.07) is 20.5. The Morgan fingerprint density at radius 1 is 0.853 bits per heavy atom. The van der Waals surface area contributed by atoms with Gasteiger partial charge >= 0.3 is 5.97 Å². The third-order valence-electron chi connectivity index (χ3n) is 5.47. The molecule has 0 aliphatic rings. The predicted molar refractivity (Wildman–Crippen MR) is 130 cm³/mol. The first kappa shape index (κ1) is 22.7. The van der Waals surface area contributed by atoms with Crippen LogP contribution in [0.3, 0.4) is 0 Å². The van der Waals surface area contributed by atoms with Crippen molar-refractivity contribution in [1.29, 1.82) is 0 Å². The molecule has 0 saturated heterocycles. The first-order valence-electron chi connectivity index (χ1n) is 10.8. The summed E-state index contributed by atoms with van der Waals surface area (Å²) >= 11 is 0. The Bertz CT molecular complexity index is 1430. The molecular formula is C26H23N3O5. The first-order chi connectivity index (χ1) is 16.4. The largest absolute Gasteiger partial charge is 0.481 e. The van der Waals surface area contributed by atoms with Gasteiger partial charge in [-0.1, -0.05) is 42.5 Å². The molecule has 1 heterocycles. The summed E-state index contributed by atoms with van der Waals surface area (Å²) in [5.41, 5.74) is 2.47. The third kappa shape index (κ3) is 5.29.